The number of fused-ring (bicyclic) bond motifs is 6. The van der Waals surface area contributed by atoms with Gasteiger partial charge in [-0.2, -0.15) is 0 Å². The van der Waals surface area contributed by atoms with Gasteiger partial charge in [0.1, 0.15) is 0 Å². The maximum atomic E-state index is 3.63. The second kappa shape index (κ2) is 6.87. The summed E-state index contributed by atoms with van der Waals surface area (Å²) < 4.78 is 2.31. The molecule has 0 aromatic heterocycles. The highest BCUT2D eigenvalue weighted by Gasteiger charge is 2.25. The number of hydrogen-bond acceptors (Lipinski definition) is 1. The Morgan fingerprint density at radius 2 is 1.03 bits per heavy atom. The van der Waals surface area contributed by atoms with Crippen molar-refractivity contribution in [1.29, 1.82) is 0 Å². The van der Waals surface area contributed by atoms with Crippen LogP contribution in [0.15, 0.2) is 91.5 Å². The number of rotatable bonds is 2. The van der Waals surface area contributed by atoms with Gasteiger partial charge in [0.2, 0.25) is 0 Å². The van der Waals surface area contributed by atoms with E-state index >= 15 is 0 Å². The van der Waals surface area contributed by atoms with Crippen LogP contribution in [0.5, 0.6) is 0 Å². The first-order valence-electron chi connectivity index (χ1n) is 9.66. The molecule has 0 radical (unpaired) electrons. The van der Waals surface area contributed by atoms with Gasteiger partial charge < -0.3 is 0 Å². The topological polar surface area (TPSA) is 0 Å². The van der Waals surface area contributed by atoms with Gasteiger partial charge in [-0.1, -0.05) is 80.0 Å². The predicted octanol–water partition coefficient (Wildman–Crippen LogP) is 8.51. The molecular weight excluding hydrogens is 504 g/mol. The Hall–Kier alpha value is -1.81. The van der Waals surface area contributed by atoms with Crippen molar-refractivity contribution in [3.63, 3.8) is 0 Å². The molecule has 0 spiro atoms. The first kappa shape index (κ1) is 18.0. The summed E-state index contributed by atoms with van der Waals surface area (Å²) in [6.45, 7) is 0. The lowest BCUT2D eigenvalue weighted by molar-refractivity contribution is 1.24. The van der Waals surface area contributed by atoms with E-state index in [4.69, 9.17) is 0 Å². The van der Waals surface area contributed by atoms with E-state index in [-0.39, 0.29) is 0 Å². The van der Waals surface area contributed by atoms with Gasteiger partial charge in [0.25, 0.3) is 0 Å². The van der Waals surface area contributed by atoms with E-state index in [2.05, 4.69) is 105 Å². The van der Waals surface area contributed by atoms with Crippen molar-refractivity contribution in [2.45, 2.75) is 22.6 Å². The van der Waals surface area contributed by atoms with Crippen molar-refractivity contribution in [3.8, 4) is 22.3 Å². The van der Waals surface area contributed by atoms with Gasteiger partial charge in [-0.25, -0.2) is 0 Å². The predicted molar refractivity (Wildman–Crippen MR) is 129 cm³/mol. The molecule has 140 valence electrons. The summed E-state index contributed by atoms with van der Waals surface area (Å²) in [7, 11) is 0. The summed E-state index contributed by atoms with van der Waals surface area (Å²) in [4.78, 5) is 2.70. The van der Waals surface area contributed by atoms with Crippen LogP contribution < -0.4 is 0 Å². The number of hydrogen-bond donors (Lipinski definition) is 0. The van der Waals surface area contributed by atoms with E-state index in [0.717, 1.165) is 21.8 Å². The zero-order valence-electron chi connectivity index (χ0n) is 15.5. The highest BCUT2D eigenvalue weighted by atomic mass is 79.9. The second-order valence-electron chi connectivity index (χ2n) is 7.64. The van der Waals surface area contributed by atoms with Crippen LogP contribution in [-0.4, -0.2) is 0 Å². The quantitative estimate of drug-likeness (QED) is 0.221. The molecular formula is C26H16Br2S. The summed E-state index contributed by atoms with van der Waals surface area (Å²) in [5.74, 6) is 0. The third-order valence-corrected chi connectivity index (χ3v) is 7.99. The van der Waals surface area contributed by atoms with Crippen LogP contribution in [0.4, 0.5) is 0 Å². The minimum absolute atomic E-state index is 1.02. The van der Waals surface area contributed by atoms with E-state index in [1.807, 2.05) is 11.8 Å². The largest absolute Gasteiger partial charge is 0.0888 e. The molecule has 3 heteroatoms. The van der Waals surface area contributed by atoms with E-state index in [1.165, 1.54) is 54.3 Å². The standard InChI is InChI=1S/C26H16Br2S/c27-19-7-9-21-17(13-19)11-15-3-1-5-23(25(15)21)29-24-6-2-4-16-12-18-14-20(28)8-10-22(18)26(16)24/h1-10,13-14H,11-12H2. The summed E-state index contributed by atoms with van der Waals surface area (Å²) >= 11 is 9.17. The molecule has 0 amide bonds. The van der Waals surface area contributed by atoms with Gasteiger partial charge in [-0.15, -0.1) is 0 Å². The molecule has 0 saturated heterocycles. The van der Waals surface area contributed by atoms with Crippen LogP contribution in [0.1, 0.15) is 22.3 Å². The average molecular weight is 520 g/mol. The molecule has 0 bridgehead atoms. The van der Waals surface area contributed by atoms with Gasteiger partial charge in [0.05, 0.1) is 0 Å². The Bertz CT molecular complexity index is 1210. The van der Waals surface area contributed by atoms with Crippen molar-refractivity contribution in [2.24, 2.45) is 0 Å². The van der Waals surface area contributed by atoms with E-state index in [0.29, 0.717) is 0 Å². The maximum absolute atomic E-state index is 3.63. The van der Waals surface area contributed by atoms with Crippen LogP contribution in [0, 0.1) is 0 Å². The highest BCUT2D eigenvalue weighted by Crippen LogP contribution is 2.49. The third-order valence-electron chi connectivity index (χ3n) is 5.88. The van der Waals surface area contributed by atoms with Crippen LogP contribution >= 0.6 is 43.6 Å². The Morgan fingerprint density at radius 1 is 0.552 bits per heavy atom. The van der Waals surface area contributed by atoms with Gasteiger partial charge >= 0.3 is 0 Å². The van der Waals surface area contributed by atoms with Crippen molar-refractivity contribution in [2.75, 3.05) is 0 Å². The molecule has 0 aliphatic heterocycles. The molecule has 29 heavy (non-hydrogen) atoms. The summed E-state index contributed by atoms with van der Waals surface area (Å²) in [5.41, 5.74) is 11.3. The monoisotopic (exact) mass is 518 g/mol. The van der Waals surface area contributed by atoms with Crippen molar-refractivity contribution in [1.82, 2.24) is 0 Å². The average Bonchev–Trinajstić information content (AvgIpc) is 3.25. The Balaban J connectivity index is 1.48. The molecule has 0 atom stereocenters. The zero-order chi connectivity index (χ0) is 19.5. The second-order valence-corrected chi connectivity index (χ2v) is 10.6. The Morgan fingerprint density at radius 3 is 1.52 bits per heavy atom. The minimum Gasteiger partial charge on any atom is -0.0888 e. The highest BCUT2D eigenvalue weighted by molar-refractivity contribution is 9.10. The number of halogens is 2. The number of benzene rings is 4. The molecule has 6 rings (SSSR count). The molecule has 4 aromatic carbocycles. The Kier molecular flexibility index (Phi) is 4.26. The Labute approximate surface area is 191 Å². The summed E-state index contributed by atoms with van der Waals surface area (Å²) in [6, 6.07) is 26.9. The lowest BCUT2D eigenvalue weighted by atomic mass is 10.1. The first-order chi connectivity index (χ1) is 14.2. The first-order valence-corrected chi connectivity index (χ1v) is 12.1. The molecule has 4 aromatic rings. The van der Waals surface area contributed by atoms with Crippen molar-refractivity contribution in [3.05, 3.63) is 104 Å². The zero-order valence-corrected chi connectivity index (χ0v) is 19.5. The van der Waals surface area contributed by atoms with Crippen LogP contribution in [0.2, 0.25) is 0 Å². The summed E-state index contributed by atoms with van der Waals surface area (Å²) in [6.07, 6.45) is 2.03. The fourth-order valence-corrected chi connectivity index (χ4v) is 6.70. The fraction of sp³-hybridized carbons (Fsp3) is 0.0769. The molecule has 0 nitrogen and oxygen atoms in total. The molecule has 0 saturated carbocycles. The minimum atomic E-state index is 1.02. The molecule has 0 unspecified atom stereocenters. The van der Waals surface area contributed by atoms with Gasteiger partial charge in [0.15, 0.2) is 0 Å². The van der Waals surface area contributed by atoms with Gasteiger partial charge in [-0.3, -0.25) is 0 Å². The SMILES string of the molecule is Brc1ccc2c(c1)Cc1cccc(Sc3cccc4c3-c3ccc(Br)cc3C4)c1-2. The molecule has 2 aliphatic carbocycles. The van der Waals surface area contributed by atoms with Crippen LogP contribution in [0.3, 0.4) is 0 Å². The van der Waals surface area contributed by atoms with E-state index in [9.17, 15) is 0 Å². The lowest BCUT2D eigenvalue weighted by Crippen LogP contribution is -1.87. The lowest BCUT2D eigenvalue weighted by Gasteiger charge is -2.13. The normalized spacial score (nSPS) is 13.0. The fourth-order valence-electron chi connectivity index (χ4n) is 4.66. The van der Waals surface area contributed by atoms with E-state index < -0.39 is 0 Å². The molecule has 2 aliphatic rings. The van der Waals surface area contributed by atoms with Crippen LogP contribution in [-0.2, 0) is 12.8 Å². The van der Waals surface area contributed by atoms with Gasteiger partial charge in [-0.05, 0) is 93.7 Å². The maximum Gasteiger partial charge on any atom is 0.0204 e. The van der Waals surface area contributed by atoms with E-state index in [1.54, 1.807) is 0 Å². The molecule has 0 fully saturated rings. The third kappa shape index (κ3) is 2.94. The van der Waals surface area contributed by atoms with Crippen molar-refractivity contribution < 1.29 is 0 Å². The van der Waals surface area contributed by atoms with Crippen molar-refractivity contribution >= 4 is 43.6 Å². The smallest absolute Gasteiger partial charge is 0.0204 e. The van der Waals surface area contributed by atoms with Gasteiger partial charge in [0, 0.05) is 18.7 Å². The summed E-state index contributed by atoms with van der Waals surface area (Å²) in [5, 5.41) is 0. The molecule has 0 heterocycles. The molecule has 0 N–H and O–H groups in total. The van der Waals surface area contributed by atoms with Crippen LogP contribution in [0.25, 0.3) is 22.3 Å².